The Morgan fingerprint density at radius 1 is 0.739 bits per heavy atom. The second-order valence-corrected chi connectivity index (χ2v) is 6.85. The number of benzene rings is 1. The first-order chi connectivity index (χ1) is 11.1. The summed E-state index contributed by atoms with van der Waals surface area (Å²) in [4.78, 5) is 0. The zero-order valence-electron chi connectivity index (χ0n) is 15.3. The van der Waals surface area contributed by atoms with Crippen molar-refractivity contribution in [2.75, 3.05) is 33.0 Å². The second kappa shape index (κ2) is 12.4. The molecule has 0 radical (unpaired) electrons. The van der Waals surface area contributed by atoms with Crippen molar-refractivity contribution in [1.82, 2.24) is 0 Å². The Morgan fingerprint density at radius 3 is 1.96 bits per heavy atom. The Balaban J connectivity index is 1.96. The highest BCUT2D eigenvalue weighted by atomic mass is 16.5. The van der Waals surface area contributed by atoms with Crippen LogP contribution in [-0.4, -0.2) is 33.0 Å². The topological polar surface area (TPSA) is 27.7 Å². The van der Waals surface area contributed by atoms with Crippen LogP contribution in [0.4, 0.5) is 0 Å². The fourth-order valence-corrected chi connectivity index (χ4v) is 2.33. The molecule has 0 unspecified atom stereocenters. The van der Waals surface area contributed by atoms with Crippen molar-refractivity contribution in [1.29, 1.82) is 0 Å². The minimum atomic E-state index is 0.580. The van der Waals surface area contributed by atoms with Crippen molar-refractivity contribution in [3.63, 3.8) is 0 Å². The molecule has 23 heavy (non-hydrogen) atoms. The third-order valence-corrected chi connectivity index (χ3v) is 3.51. The van der Waals surface area contributed by atoms with Gasteiger partial charge in [-0.1, -0.05) is 39.8 Å². The van der Waals surface area contributed by atoms with Gasteiger partial charge in [0.1, 0.15) is 12.4 Å². The highest BCUT2D eigenvalue weighted by Crippen LogP contribution is 2.14. The van der Waals surface area contributed by atoms with Crippen molar-refractivity contribution in [2.24, 2.45) is 11.8 Å². The average molecular weight is 322 g/mol. The minimum Gasteiger partial charge on any atom is -0.491 e. The van der Waals surface area contributed by atoms with Crippen molar-refractivity contribution in [3.05, 3.63) is 29.8 Å². The van der Waals surface area contributed by atoms with Gasteiger partial charge in [0.2, 0.25) is 0 Å². The van der Waals surface area contributed by atoms with Crippen LogP contribution in [0, 0.1) is 11.8 Å². The summed E-state index contributed by atoms with van der Waals surface area (Å²) in [6, 6.07) is 8.35. The molecule has 0 aromatic heterocycles. The second-order valence-electron chi connectivity index (χ2n) is 6.85. The fraction of sp³-hybridized carbons (Fsp3) is 0.700. The molecule has 0 aliphatic heterocycles. The fourth-order valence-electron chi connectivity index (χ4n) is 2.33. The summed E-state index contributed by atoms with van der Waals surface area (Å²) >= 11 is 0. The maximum Gasteiger partial charge on any atom is 0.119 e. The van der Waals surface area contributed by atoms with E-state index in [2.05, 4.69) is 39.8 Å². The van der Waals surface area contributed by atoms with Gasteiger partial charge in [-0.05, 0) is 48.8 Å². The molecule has 0 N–H and O–H groups in total. The Bertz CT molecular complexity index is 384. The lowest BCUT2D eigenvalue weighted by atomic mass is 10.0. The van der Waals surface area contributed by atoms with Gasteiger partial charge in [-0.25, -0.2) is 0 Å². The number of ether oxygens (including phenoxy) is 3. The molecule has 1 aromatic carbocycles. The summed E-state index contributed by atoms with van der Waals surface area (Å²) in [5, 5.41) is 0. The number of rotatable bonds is 13. The SMILES string of the molecule is CC(C)CCCOCCOCCOc1ccc(CC(C)C)cc1. The van der Waals surface area contributed by atoms with Crippen LogP contribution < -0.4 is 4.74 Å². The Morgan fingerprint density at radius 2 is 1.35 bits per heavy atom. The third kappa shape index (κ3) is 11.2. The van der Waals surface area contributed by atoms with E-state index in [1.807, 2.05) is 12.1 Å². The van der Waals surface area contributed by atoms with E-state index in [-0.39, 0.29) is 0 Å². The van der Waals surface area contributed by atoms with E-state index in [1.54, 1.807) is 0 Å². The lowest BCUT2D eigenvalue weighted by Crippen LogP contribution is -2.11. The van der Waals surface area contributed by atoms with Crippen LogP contribution >= 0.6 is 0 Å². The molecule has 0 fully saturated rings. The van der Waals surface area contributed by atoms with E-state index in [0.717, 1.165) is 31.1 Å². The van der Waals surface area contributed by atoms with Crippen LogP contribution in [0.2, 0.25) is 0 Å². The smallest absolute Gasteiger partial charge is 0.119 e. The van der Waals surface area contributed by atoms with Crippen LogP contribution in [0.1, 0.15) is 46.1 Å². The van der Waals surface area contributed by atoms with Gasteiger partial charge in [0.25, 0.3) is 0 Å². The molecule has 0 saturated carbocycles. The minimum absolute atomic E-state index is 0.580. The summed E-state index contributed by atoms with van der Waals surface area (Å²) in [7, 11) is 0. The van der Waals surface area contributed by atoms with Gasteiger partial charge in [-0.3, -0.25) is 0 Å². The zero-order valence-corrected chi connectivity index (χ0v) is 15.3. The van der Waals surface area contributed by atoms with Gasteiger partial charge in [0, 0.05) is 6.61 Å². The van der Waals surface area contributed by atoms with E-state index in [4.69, 9.17) is 14.2 Å². The predicted octanol–water partition coefficient (Wildman–Crippen LogP) is 4.73. The maximum atomic E-state index is 5.67. The summed E-state index contributed by atoms with van der Waals surface area (Å²) in [5.41, 5.74) is 1.36. The van der Waals surface area contributed by atoms with E-state index in [0.29, 0.717) is 32.3 Å². The van der Waals surface area contributed by atoms with Gasteiger partial charge < -0.3 is 14.2 Å². The Hall–Kier alpha value is -1.06. The Labute approximate surface area is 142 Å². The average Bonchev–Trinajstić information content (AvgIpc) is 2.50. The summed E-state index contributed by atoms with van der Waals surface area (Å²) in [6.45, 7) is 12.3. The summed E-state index contributed by atoms with van der Waals surface area (Å²) in [6.07, 6.45) is 3.47. The molecule has 132 valence electrons. The summed E-state index contributed by atoms with van der Waals surface area (Å²) in [5.74, 6) is 2.35. The van der Waals surface area contributed by atoms with Crippen LogP contribution in [0.25, 0.3) is 0 Å². The van der Waals surface area contributed by atoms with E-state index in [1.165, 1.54) is 12.0 Å². The van der Waals surface area contributed by atoms with E-state index in [9.17, 15) is 0 Å². The standard InChI is InChI=1S/C20H34O3/c1-17(2)6-5-11-21-12-13-22-14-15-23-20-9-7-19(8-10-20)16-18(3)4/h7-10,17-18H,5-6,11-16H2,1-4H3. The van der Waals surface area contributed by atoms with Crippen molar-refractivity contribution >= 4 is 0 Å². The van der Waals surface area contributed by atoms with Crippen molar-refractivity contribution in [3.8, 4) is 5.75 Å². The van der Waals surface area contributed by atoms with Crippen LogP contribution in [0.15, 0.2) is 24.3 Å². The monoisotopic (exact) mass is 322 g/mol. The lowest BCUT2D eigenvalue weighted by molar-refractivity contribution is 0.0347. The molecular formula is C20H34O3. The largest absolute Gasteiger partial charge is 0.491 e. The van der Waals surface area contributed by atoms with Gasteiger partial charge in [-0.15, -0.1) is 0 Å². The highest BCUT2D eigenvalue weighted by molar-refractivity contribution is 5.27. The Kier molecular flexibility index (Phi) is 10.8. The molecule has 1 rings (SSSR count). The molecule has 0 saturated heterocycles. The van der Waals surface area contributed by atoms with Gasteiger partial charge in [0.15, 0.2) is 0 Å². The quantitative estimate of drug-likeness (QED) is 0.491. The third-order valence-electron chi connectivity index (χ3n) is 3.51. The van der Waals surface area contributed by atoms with Crippen LogP contribution in [0.3, 0.4) is 0 Å². The van der Waals surface area contributed by atoms with E-state index >= 15 is 0 Å². The van der Waals surface area contributed by atoms with Gasteiger partial charge >= 0.3 is 0 Å². The number of hydrogen-bond acceptors (Lipinski definition) is 3. The normalized spacial score (nSPS) is 11.4. The molecule has 3 nitrogen and oxygen atoms in total. The first-order valence-electron chi connectivity index (χ1n) is 8.95. The molecule has 0 bridgehead atoms. The first kappa shape index (κ1) is 20.0. The molecule has 0 aliphatic rings. The first-order valence-corrected chi connectivity index (χ1v) is 8.95. The molecule has 3 heteroatoms. The van der Waals surface area contributed by atoms with Crippen LogP contribution in [0.5, 0.6) is 5.75 Å². The molecular weight excluding hydrogens is 288 g/mol. The lowest BCUT2D eigenvalue weighted by Gasteiger charge is -2.09. The maximum absolute atomic E-state index is 5.67. The number of hydrogen-bond donors (Lipinski definition) is 0. The molecule has 0 spiro atoms. The molecule has 0 aliphatic carbocycles. The van der Waals surface area contributed by atoms with Gasteiger partial charge in [0.05, 0.1) is 19.8 Å². The summed E-state index contributed by atoms with van der Waals surface area (Å²) < 4.78 is 16.7. The highest BCUT2D eigenvalue weighted by Gasteiger charge is 1.99. The predicted molar refractivity (Wildman–Crippen MR) is 96.2 cm³/mol. The molecule has 0 atom stereocenters. The van der Waals surface area contributed by atoms with Crippen molar-refractivity contribution in [2.45, 2.75) is 47.0 Å². The van der Waals surface area contributed by atoms with Gasteiger partial charge in [-0.2, -0.15) is 0 Å². The van der Waals surface area contributed by atoms with E-state index < -0.39 is 0 Å². The zero-order chi connectivity index (χ0) is 16.9. The molecule has 1 aromatic rings. The molecule has 0 heterocycles. The van der Waals surface area contributed by atoms with Crippen LogP contribution in [-0.2, 0) is 15.9 Å². The molecule has 0 amide bonds. The van der Waals surface area contributed by atoms with Crippen molar-refractivity contribution < 1.29 is 14.2 Å².